The summed E-state index contributed by atoms with van der Waals surface area (Å²) >= 11 is 0. The van der Waals surface area contributed by atoms with Crippen LogP contribution in [-0.4, -0.2) is 44.2 Å². The van der Waals surface area contributed by atoms with Gasteiger partial charge in [0.2, 0.25) is 10.0 Å². The molecule has 0 saturated carbocycles. The van der Waals surface area contributed by atoms with E-state index in [0.29, 0.717) is 5.39 Å². The average molecular weight is 456 g/mol. The van der Waals surface area contributed by atoms with E-state index in [2.05, 4.69) is 4.74 Å². The fraction of sp³-hybridized carbons (Fsp3) is 0.208. The number of fused-ring (bicyclic) bond motifs is 1. The summed E-state index contributed by atoms with van der Waals surface area (Å²) in [5.41, 5.74) is 1.72. The molecule has 7 nitrogen and oxygen atoms in total. The molecule has 0 fully saturated rings. The molecule has 0 unspecified atom stereocenters. The van der Waals surface area contributed by atoms with Crippen molar-refractivity contribution in [3.05, 3.63) is 83.9 Å². The third kappa shape index (κ3) is 5.46. The number of aromatic hydroxyl groups is 1. The smallest absolute Gasteiger partial charge is 0.507 e. The highest BCUT2D eigenvalue weighted by atomic mass is 32.2. The molecule has 0 aliphatic rings. The van der Waals surface area contributed by atoms with Gasteiger partial charge < -0.3 is 14.6 Å². The number of methoxy groups -OCH3 is 1. The van der Waals surface area contributed by atoms with Crippen LogP contribution in [0.1, 0.15) is 11.1 Å². The van der Waals surface area contributed by atoms with E-state index in [4.69, 9.17) is 4.74 Å². The van der Waals surface area contributed by atoms with Gasteiger partial charge in [0, 0.05) is 18.5 Å². The Morgan fingerprint density at radius 1 is 1.00 bits per heavy atom. The molecule has 168 valence electrons. The molecule has 3 aromatic carbocycles. The molecule has 0 bridgehead atoms. The SMILES string of the molecule is COC(=O)OC/C=C/CN(Cc1ccc(O)c2ccccc12)S(=O)(=O)c1ccc(C)cc1. The number of carbonyl (C=O) groups excluding carboxylic acids is 1. The molecule has 0 aliphatic heterocycles. The highest BCUT2D eigenvalue weighted by molar-refractivity contribution is 7.89. The number of phenols is 1. The van der Waals surface area contributed by atoms with E-state index < -0.39 is 16.2 Å². The van der Waals surface area contributed by atoms with E-state index in [1.54, 1.807) is 54.6 Å². The minimum atomic E-state index is -3.82. The molecule has 0 heterocycles. The highest BCUT2D eigenvalue weighted by Gasteiger charge is 2.24. The van der Waals surface area contributed by atoms with Crippen LogP contribution in [0.3, 0.4) is 0 Å². The predicted molar refractivity (Wildman–Crippen MR) is 122 cm³/mol. The van der Waals surface area contributed by atoms with Crippen LogP contribution in [0.25, 0.3) is 10.8 Å². The number of sulfonamides is 1. The lowest BCUT2D eigenvalue weighted by molar-refractivity contribution is 0.0817. The maximum Gasteiger partial charge on any atom is 0.508 e. The van der Waals surface area contributed by atoms with Gasteiger partial charge in [0.15, 0.2) is 0 Å². The normalized spacial score (nSPS) is 11.8. The Hall–Kier alpha value is -3.36. The first kappa shape index (κ1) is 23.3. The van der Waals surface area contributed by atoms with Crippen LogP contribution in [0.5, 0.6) is 5.75 Å². The monoisotopic (exact) mass is 455 g/mol. The summed E-state index contributed by atoms with van der Waals surface area (Å²) in [5.74, 6) is 0.136. The van der Waals surface area contributed by atoms with Gasteiger partial charge >= 0.3 is 6.16 Å². The summed E-state index contributed by atoms with van der Waals surface area (Å²) in [6, 6.07) is 17.2. The molecule has 0 radical (unpaired) electrons. The number of ether oxygens (including phenoxy) is 2. The Morgan fingerprint density at radius 2 is 1.69 bits per heavy atom. The Labute approximate surface area is 187 Å². The fourth-order valence-electron chi connectivity index (χ4n) is 3.22. The van der Waals surface area contributed by atoms with Crippen molar-refractivity contribution in [3.63, 3.8) is 0 Å². The fourth-order valence-corrected chi connectivity index (χ4v) is 4.59. The highest BCUT2D eigenvalue weighted by Crippen LogP contribution is 2.29. The second-order valence-corrected chi connectivity index (χ2v) is 9.07. The Bertz CT molecular complexity index is 1220. The summed E-state index contributed by atoms with van der Waals surface area (Å²) in [7, 11) is -2.60. The van der Waals surface area contributed by atoms with Crippen LogP contribution in [-0.2, 0) is 26.0 Å². The van der Waals surface area contributed by atoms with Gasteiger partial charge in [-0.05, 0) is 42.1 Å². The molecule has 1 N–H and O–H groups in total. The number of benzene rings is 3. The van der Waals surface area contributed by atoms with Crippen molar-refractivity contribution in [2.75, 3.05) is 20.3 Å². The summed E-state index contributed by atoms with van der Waals surface area (Å²) in [6.45, 7) is 2.02. The van der Waals surface area contributed by atoms with Crippen LogP contribution in [0.15, 0.2) is 77.7 Å². The average Bonchev–Trinajstić information content (AvgIpc) is 2.79. The molecular formula is C24H25NO6S. The molecule has 3 rings (SSSR count). The van der Waals surface area contributed by atoms with E-state index in [1.165, 1.54) is 11.4 Å². The number of hydrogen-bond donors (Lipinski definition) is 1. The Balaban J connectivity index is 1.92. The first-order chi connectivity index (χ1) is 15.3. The Kier molecular flexibility index (Phi) is 7.50. The number of phenolic OH excluding ortho intramolecular Hbond substituents is 1. The summed E-state index contributed by atoms with van der Waals surface area (Å²) in [5, 5.41) is 11.6. The van der Waals surface area contributed by atoms with Crippen LogP contribution in [0.2, 0.25) is 0 Å². The van der Waals surface area contributed by atoms with Crippen LogP contribution >= 0.6 is 0 Å². The number of hydrogen-bond acceptors (Lipinski definition) is 6. The van der Waals surface area contributed by atoms with Crippen molar-refractivity contribution in [1.82, 2.24) is 4.31 Å². The van der Waals surface area contributed by atoms with Gasteiger partial charge in [0.25, 0.3) is 0 Å². The molecule has 0 atom stereocenters. The molecule has 0 saturated heterocycles. The largest absolute Gasteiger partial charge is 0.508 e. The quantitative estimate of drug-likeness (QED) is 0.400. The lowest BCUT2D eigenvalue weighted by Crippen LogP contribution is -2.31. The van der Waals surface area contributed by atoms with Gasteiger partial charge in [-0.15, -0.1) is 0 Å². The van der Waals surface area contributed by atoms with E-state index in [-0.39, 0.29) is 30.3 Å². The zero-order valence-electron chi connectivity index (χ0n) is 17.9. The molecule has 0 spiro atoms. The second-order valence-electron chi connectivity index (χ2n) is 7.14. The number of carbonyl (C=O) groups is 1. The molecular weight excluding hydrogens is 430 g/mol. The zero-order valence-corrected chi connectivity index (χ0v) is 18.7. The number of nitrogens with zero attached hydrogens (tertiary/aromatic N) is 1. The van der Waals surface area contributed by atoms with Gasteiger partial charge in [-0.2, -0.15) is 4.31 Å². The van der Waals surface area contributed by atoms with Crippen LogP contribution in [0.4, 0.5) is 4.79 Å². The van der Waals surface area contributed by atoms with Gasteiger partial charge in [-0.1, -0.05) is 54.1 Å². The number of rotatable bonds is 8. The van der Waals surface area contributed by atoms with E-state index in [0.717, 1.165) is 16.5 Å². The molecule has 3 aromatic rings. The van der Waals surface area contributed by atoms with E-state index in [9.17, 15) is 18.3 Å². The summed E-state index contributed by atoms with van der Waals surface area (Å²) in [6.07, 6.45) is 2.37. The molecule has 8 heteroatoms. The number of aryl methyl sites for hydroxylation is 1. The third-order valence-electron chi connectivity index (χ3n) is 4.94. The minimum absolute atomic E-state index is 0.0345. The van der Waals surface area contributed by atoms with Crippen molar-refractivity contribution in [1.29, 1.82) is 0 Å². The van der Waals surface area contributed by atoms with Crippen molar-refractivity contribution in [2.24, 2.45) is 0 Å². The maximum atomic E-state index is 13.4. The van der Waals surface area contributed by atoms with Gasteiger partial charge in [-0.25, -0.2) is 13.2 Å². The Morgan fingerprint density at radius 3 is 2.38 bits per heavy atom. The van der Waals surface area contributed by atoms with Gasteiger partial charge in [-0.3, -0.25) is 0 Å². The minimum Gasteiger partial charge on any atom is -0.507 e. The summed E-state index contributed by atoms with van der Waals surface area (Å²) < 4.78 is 37.4. The van der Waals surface area contributed by atoms with Gasteiger partial charge in [0.1, 0.15) is 12.4 Å². The van der Waals surface area contributed by atoms with Crippen molar-refractivity contribution < 1.29 is 27.8 Å². The third-order valence-corrected chi connectivity index (χ3v) is 6.76. The van der Waals surface area contributed by atoms with Gasteiger partial charge in [0.05, 0.1) is 12.0 Å². The molecule has 0 aromatic heterocycles. The van der Waals surface area contributed by atoms with Crippen molar-refractivity contribution in [3.8, 4) is 5.75 Å². The first-order valence-corrected chi connectivity index (χ1v) is 11.4. The summed E-state index contributed by atoms with van der Waals surface area (Å²) in [4.78, 5) is 11.3. The maximum absolute atomic E-state index is 13.4. The molecule has 32 heavy (non-hydrogen) atoms. The second kappa shape index (κ2) is 10.3. The lowest BCUT2D eigenvalue weighted by Gasteiger charge is -2.22. The molecule has 0 aliphatic carbocycles. The lowest BCUT2D eigenvalue weighted by atomic mass is 10.0. The van der Waals surface area contributed by atoms with Crippen molar-refractivity contribution in [2.45, 2.75) is 18.4 Å². The standard InChI is InChI=1S/C24H25NO6S/c1-18-9-12-20(13-10-18)32(28,29)25(15-5-6-16-31-24(27)30-2)17-19-11-14-23(26)22-8-4-3-7-21(19)22/h3-14,26H,15-17H2,1-2H3/b6-5+. The topological polar surface area (TPSA) is 93.1 Å². The van der Waals surface area contributed by atoms with Crippen molar-refractivity contribution >= 4 is 27.0 Å². The van der Waals surface area contributed by atoms with E-state index >= 15 is 0 Å². The first-order valence-electron chi connectivity index (χ1n) is 9.95. The van der Waals surface area contributed by atoms with Crippen LogP contribution < -0.4 is 0 Å². The van der Waals surface area contributed by atoms with Crippen LogP contribution in [0, 0.1) is 6.92 Å². The predicted octanol–water partition coefficient (Wildman–Crippen LogP) is 4.38. The zero-order chi connectivity index (χ0) is 23.1. The molecule has 0 amide bonds. The van der Waals surface area contributed by atoms with E-state index in [1.807, 2.05) is 25.1 Å².